The number of aryl methyl sites for hydroxylation is 3. The van der Waals surface area contributed by atoms with Crippen LogP contribution in [0.15, 0.2) is 27.4 Å². The van der Waals surface area contributed by atoms with Crippen LogP contribution in [0, 0.1) is 13.8 Å². The van der Waals surface area contributed by atoms with Crippen molar-refractivity contribution in [3.05, 3.63) is 40.1 Å². The van der Waals surface area contributed by atoms with E-state index in [-0.39, 0.29) is 5.69 Å². The number of nitrogens with two attached hydrogens (primary N) is 1. The first-order valence-electron chi connectivity index (χ1n) is 8.78. The fraction of sp³-hybridized carbons (Fsp3) is 0.312. The summed E-state index contributed by atoms with van der Waals surface area (Å²) in [5.41, 5.74) is 16.0. The summed E-state index contributed by atoms with van der Waals surface area (Å²) in [7, 11) is 3.01. The van der Waals surface area contributed by atoms with Gasteiger partial charge >= 0.3 is 16.9 Å². The van der Waals surface area contributed by atoms with Crippen molar-refractivity contribution in [3.63, 3.8) is 0 Å². The first-order chi connectivity index (χ1) is 15.1. The lowest BCUT2D eigenvalue weighted by molar-refractivity contribution is -0.00282. The van der Waals surface area contributed by atoms with E-state index in [4.69, 9.17) is 22.9 Å². The molecule has 4 N–H and O–H groups in total. The van der Waals surface area contributed by atoms with Gasteiger partial charge in [0.15, 0.2) is 11.4 Å². The molecule has 0 fully saturated rings. The van der Waals surface area contributed by atoms with Crippen LogP contribution in [0.5, 0.6) is 0 Å². The number of carbonyl (C=O) groups excluding carboxylic acids is 1. The number of aromatic nitrogens is 7. The van der Waals surface area contributed by atoms with E-state index in [9.17, 15) is 9.59 Å². The Kier molecular flexibility index (Phi) is 10.0. The van der Waals surface area contributed by atoms with Crippen LogP contribution in [0.1, 0.15) is 18.3 Å². The number of amides is 1. The van der Waals surface area contributed by atoms with Gasteiger partial charge in [0, 0.05) is 14.1 Å². The van der Waals surface area contributed by atoms with E-state index in [0.29, 0.717) is 28.7 Å². The molecule has 0 aromatic carbocycles. The fourth-order valence-electron chi connectivity index (χ4n) is 1.78. The third-order valence-electron chi connectivity index (χ3n) is 3.59. The quantitative estimate of drug-likeness (QED) is 0.181. The van der Waals surface area contributed by atoms with Gasteiger partial charge in [-0.05, 0) is 37.4 Å². The Morgan fingerprint density at radius 2 is 1.97 bits per heavy atom. The highest BCUT2D eigenvalue weighted by molar-refractivity contribution is 6.62. The first kappa shape index (κ1) is 25.8. The lowest BCUT2D eigenvalue weighted by atomic mass is 10.4. The molecule has 0 spiro atoms. The number of rotatable bonds is 0. The summed E-state index contributed by atoms with van der Waals surface area (Å²) in [5.74, 6) is 0.880. The van der Waals surface area contributed by atoms with Gasteiger partial charge in [-0.2, -0.15) is 4.68 Å². The van der Waals surface area contributed by atoms with Crippen molar-refractivity contribution in [1.29, 1.82) is 0 Å². The summed E-state index contributed by atoms with van der Waals surface area (Å²) in [4.78, 5) is 41.5. The van der Waals surface area contributed by atoms with Crippen LogP contribution in [0.25, 0.3) is 11.2 Å². The smallest absolute Gasteiger partial charge is 0.423 e. The molecule has 4 heterocycles. The molecule has 3 aromatic rings. The summed E-state index contributed by atoms with van der Waals surface area (Å²) in [6.45, 7) is 5.38. The molecule has 0 aliphatic carbocycles. The number of anilines is 1. The number of hydrogen-bond donors (Lipinski definition) is 3. The van der Waals surface area contributed by atoms with E-state index in [1.54, 1.807) is 27.2 Å². The second-order valence-corrected chi connectivity index (χ2v) is 6.18. The van der Waals surface area contributed by atoms with Crippen molar-refractivity contribution >= 4 is 46.3 Å². The molecule has 16 heteroatoms. The number of aliphatic imine (C=N–C) groups is 2. The van der Waals surface area contributed by atoms with E-state index < -0.39 is 5.37 Å². The third kappa shape index (κ3) is 7.55. The van der Waals surface area contributed by atoms with Crippen LogP contribution < -0.4 is 16.7 Å². The zero-order valence-electron chi connectivity index (χ0n) is 18.0. The Labute approximate surface area is 186 Å². The highest BCUT2D eigenvalue weighted by Gasteiger charge is 2.14. The van der Waals surface area contributed by atoms with Gasteiger partial charge in [0.25, 0.3) is 0 Å². The monoisotopic (exact) mass is 463 g/mol. The molecule has 0 radical (unpaired) electrons. The minimum Gasteiger partial charge on any atom is -0.497 e. The van der Waals surface area contributed by atoms with Crippen molar-refractivity contribution in [2.75, 3.05) is 12.8 Å². The molecule has 1 aliphatic heterocycles. The molecule has 0 unspecified atom stereocenters. The number of nitrogens with one attached hydrogen (secondary N) is 2. The van der Waals surface area contributed by atoms with Gasteiger partial charge < -0.3 is 26.4 Å². The van der Waals surface area contributed by atoms with Gasteiger partial charge in [-0.3, -0.25) is 4.79 Å². The van der Waals surface area contributed by atoms with Crippen LogP contribution >= 0.6 is 11.6 Å². The van der Waals surface area contributed by atoms with Crippen molar-refractivity contribution in [1.82, 2.24) is 39.7 Å². The van der Waals surface area contributed by atoms with Gasteiger partial charge in [-0.1, -0.05) is 5.21 Å². The largest absolute Gasteiger partial charge is 0.497 e. The Morgan fingerprint density at radius 1 is 1.31 bits per heavy atom. The zero-order chi connectivity index (χ0) is 24.3. The normalized spacial score (nSPS) is 11.2. The van der Waals surface area contributed by atoms with Crippen molar-refractivity contribution in [2.24, 2.45) is 17.0 Å². The van der Waals surface area contributed by atoms with Crippen LogP contribution in [-0.2, 0) is 7.05 Å². The topological polar surface area (TPSA) is 210 Å². The second kappa shape index (κ2) is 12.5. The predicted molar refractivity (Wildman–Crippen MR) is 119 cm³/mol. The SMILES string of the molecule is CC1=NC=NC1=[N+]=[N-].CNC(=O)Cl.Cc1[nH]cnc1N.Cc1ncn2c(=O)n(C)nnc12. The van der Waals surface area contributed by atoms with Crippen LogP contribution in [0.2, 0.25) is 0 Å². The minimum atomic E-state index is -0.523. The lowest BCUT2D eigenvalue weighted by Gasteiger charge is -1.94. The number of fused-ring (bicyclic) bond motifs is 1. The standard InChI is InChI=1S/C6H7N5O.C4H4N4.C4H7N3.C2H4ClNO/c1-4-5-8-9-10(2)6(12)11(5)3-7-4;1-3-4(8-5)7-2-6-3;1-3-4(5)7-2-6-3;1-4-2(3)5/h3H,1-2H3;2H,1H3;2H,5H2,1H3,(H,6,7);1H3,(H,4,5). The minimum absolute atomic E-state index is 0.236. The number of aromatic amines is 1. The van der Waals surface area contributed by atoms with Gasteiger partial charge in [0.05, 0.1) is 17.7 Å². The maximum absolute atomic E-state index is 11.3. The zero-order valence-corrected chi connectivity index (χ0v) is 18.7. The Balaban J connectivity index is 0.000000226. The molecule has 1 amide bonds. The summed E-state index contributed by atoms with van der Waals surface area (Å²) >= 11 is 4.71. The highest BCUT2D eigenvalue weighted by atomic mass is 35.5. The summed E-state index contributed by atoms with van der Waals surface area (Å²) in [5, 5.41) is 9.08. The van der Waals surface area contributed by atoms with E-state index in [1.165, 1.54) is 24.1 Å². The van der Waals surface area contributed by atoms with Crippen LogP contribution in [-0.4, -0.2) is 69.4 Å². The molecule has 32 heavy (non-hydrogen) atoms. The van der Waals surface area contributed by atoms with Gasteiger partial charge in [-0.25, -0.2) is 24.2 Å². The van der Waals surface area contributed by atoms with Crippen molar-refractivity contribution in [2.45, 2.75) is 20.8 Å². The molecule has 170 valence electrons. The molecule has 0 saturated carbocycles. The van der Waals surface area contributed by atoms with Crippen molar-refractivity contribution in [3.8, 4) is 0 Å². The van der Waals surface area contributed by atoms with Crippen molar-refractivity contribution < 1.29 is 9.58 Å². The molecule has 15 nitrogen and oxygen atoms in total. The number of carbonyl (C=O) groups is 1. The average molecular weight is 464 g/mol. The average Bonchev–Trinajstić information content (AvgIpc) is 3.47. The summed E-state index contributed by atoms with van der Waals surface area (Å²) < 4.78 is 2.52. The van der Waals surface area contributed by atoms with Gasteiger partial charge in [0.2, 0.25) is 6.34 Å². The summed E-state index contributed by atoms with van der Waals surface area (Å²) in [6, 6.07) is 0. The van der Waals surface area contributed by atoms with Crippen LogP contribution in [0.4, 0.5) is 10.6 Å². The molecule has 0 atom stereocenters. The Hall–Kier alpha value is -4.23. The highest BCUT2D eigenvalue weighted by Crippen LogP contribution is 1.98. The number of nitrogens with zero attached hydrogens (tertiary/aromatic N) is 10. The molecular weight excluding hydrogens is 442 g/mol. The predicted octanol–water partition coefficient (Wildman–Crippen LogP) is 0.114. The maximum Gasteiger partial charge on any atom is 0.423 e. The molecule has 3 aromatic heterocycles. The molecule has 4 rings (SSSR count). The van der Waals surface area contributed by atoms with Crippen LogP contribution in [0.3, 0.4) is 0 Å². The number of nitrogen functional groups attached to an aromatic ring is 1. The van der Waals surface area contributed by atoms with Gasteiger partial charge in [0.1, 0.15) is 12.1 Å². The molecular formula is C16H22ClN13O2. The molecule has 1 aliphatic rings. The lowest BCUT2D eigenvalue weighted by Crippen LogP contribution is -2.26. The number of imidazole rings is 2. The maximum atomic E-state index is 11.3. The fourth-order valence-corrected chi connectivity index (χ4v) is 1.78. The molecule has 0 saturated heterocycles. The summed E-state index contributed by atoms with van der Waals surface area (Å²) in [6.07, 6.45) is 4.37. The second-order valence-electron chi connectivity index (χ2n) is 5.84. The number of hydrogen-bond acceptors (Lipinski definition) is 8. The Morgan fingerprint density at radius 3 is 2.34 bits per heavy atom. The first-order valence-corrected chi connectivity index (χ1v) is 9.15. The number of amidine groups is 1. The van der Waals surface area contributed by atoms with E-state index in [2.05, 4.69) is 45.4 Å². The Bertz CT molecular complexity index is 1210. The number of halogens is 1. The van der Waals surface area contributed by atoms with E-state index in [0.717, 1.165) is 10.4 Å². The number of H-pyrrole nitrogens is 1. The van der Waals surface area contributed by atoms with E-state index in [1.807, 2.05) is 6.92 Å². The third-order valence-corrected chi connectivity index (χ3v) is 3.78. The van der Waals surface area contributed by atoms with E-state index >= 15 is 0 Å². The van der Waals surface area contributed by atoms with Gasteiger partial charge in [-0.15, -0.1) is 5.10 Å². The molecule has 0 bridgehead atoms.